The number of hydrogen-bond acceptors (Lipinski definition) is 3. The van der Waals surface area contributed by atoms with Crippen LogP contribution in [-0.4, -0.2) is 17.6 Å². The van der Waals surface area contributed by atoms with E-state index in [1.807, 2.05) is 0 Å². The van der Waals surface area contributed by atoms with Crippen LogP contribution in [0.2, 0.25) is 0 Å². The molecular formula is C16H23FN2O2. The highest BCUT2D eigenvalue weighted by Crippen LogP contribution is 2.30. The van der Waals surface area contributed by atoms with E-state index in [0.29, 0.717) is 12.5 Å². The zero-order chi connectivity index (χ0) is 15.4. The van der Waals surface area contributed by atoms with E-state index in [9.17, 15) is 9.18 Å². The van der Waals surface area contributed by atoms with Crippen LogP contribution in [-0.2, 0) is 0 Å². The maximum absolute atomic E-state index is 13.8. The molecule has 0 aliphatic heterocycles. The van der Waals surface area contributed by atoms with E-state index in [4.69, 9.17) is 10.8 Å². The molecule has 1 fully saturated rings. The predicted octanol–water partition coefficient (Wildman–Crippen LogP) is 3.73. The van der Waals surface area contributed by atoms with Crippen LogP contribution >= 0.6 is 0 Å². The molecule has 1 aromatic carbocycles. The van der Waals surface area contributed by atoms with Gasteiger partial charge in [0, 0.05) is 12.2 Å². The minimum Gasteiger partial charge on any atom is -0.478 e. The Balaban J connectivity index is 1.91. The van der Waals surface area contributed by atoms with E-state index < -0.39 is 11.8 Å². The van der Waals surface area contributed by atoms with E-state index in [1.165, 1.54) is 31.7 Å². The summed E-state index contributed by atoms with van der Waals surface area (Å²) >= 11 is 0. The number of carboxylic acids is 1. The van der Waals surface area contributed by atoms with Crippen molar-refractivity contribution in [2.45, 2.75) is 39.0 Å². The summed E-state index contributed by atoms with van der Waals surface area (Å²) in [6.45, 7) is 2.94. The number of nitrogens with two attached hydrogens (primary N) is 1. The fourth-order valence-electron chi connectivity index (χ4n) is 2.94. The highest BCUT2D eigenvalue weighted by molar-refractivity contribution is 5.94. The Kier molecular flexibility index (Phi) is 5.04. The molecule has 1 aliphatic rings. The molecule has 0 saturated heterocycles. The van der Waals surface area contributed by atoms with Crippen LogP contribution in [0, 0.1) is 17.7 Å². The van der Waals surface area contributed by atoms with Gasteiger partial charge in [0.1, 0.15) is 5.82 Å². The van der Waals surface area contributed by atoms with Crippen LogP contribution in [0.15, 0.2) is 12.1 Å². The fraction of sp³-hybridized carbons (Fsp3) is 0.562. The first-order chi connectivity index (χ1) is 9.97. The van der Waals surface area contributed by atoms with Gasteiger partial charge in [-0.25, -0.2) is 9.18 Å². The summed E-state index contributed by atoms with van der Waals surface area (Å²) in [7, 11) is 0. The predicted molar refractivity (Wildman–Crippen MR) is 82.0 cm³/mol. The molecular weight excluding hydrogens is 271 g/mol. The number of nitrogens with one attached hydrogen (secondary N) is 1. The van der Waals surface area contributed by atoms with E-state index in [2.05, 4.69) is 12.2 Å². The summed E-state index contributed by atoms with van der Waals surface area (Å²) < 4.78 is 13.8. The lowest BCUT2D eigenvalue weighted by Crippen LogP contribution is -2.16. The van der Waals surface area contributed by atoms with Crippen molar-refractivity contribution in [1.82, 2.24) is 0 Å². The Morgan fingerprint density at radius 3 is 2.67 bits per heavy atom. The molecule has 1 aliphatic carbocycles. The highest BCUT2D eigenvalue weighted by Gasteiger charge is 2.18. The molecule has 1 saturated carbocycles. The summed E-state index contributed by atoms with van der Waals surface area (Å²) in [6.07, 6.45) is 5.98. The first kappa shape index (κ1) is 15.6. The number of nitrogen functional groups attached to an aromatic ring is 1. The van der Waals surface area contributed by atoms with Gasteiger partial charge in [0.05, 0.1) is 11.3 Å². The minimum absolute atomic E-state index is 0.0492. The lowest BCUT2D eigenvalue weighted by atomic mass is 9.81. The lowest BCUT2D eigenvalue weighted by Gasteiger charge is -2.26. The van der Waals surface area contributed by atoms with Gasteiger partial charge in [-0.2, -0.15) is 0 Å². The molecule has 2 rings (SSSR count). The summed E-state index contributed by atoms with van der Waals surface area (Å²) in [6, 6.07) is 2.34. The highest BCUT2D eigenvalue weighted by atomic mass is 19.1. The van der Waals surface area contributed by atoms with Crippen molar-refractivity contribution in [2.24, 2.45) is 11.8 Å². The van der Waals surface area contributed by atoms with E-state index in [0.717, 1.165) is 18.4 Å². The van der Waals surface area contributed by atoms with Crippen molar-refractivity contribution < 1.29 is 14.3 Å². The lowest BCUT2D eigenvalue weighted by molar-refractivity contribution is 0.0698. The SMILES string of the molecule is CC1CCC(CCNc2cc(C(=O)O)c(N)cc2F)CC1. The minimum atomic E-state index is -1.14. The van der Waals surface area contributed by atoms with Gasteiger partial charge in [0.2, 0.25) is 0 Å². The molecule has 0 aromatic heterocycles. The molecule has 4 N–H and O–H groups in total. The van der Waals surface area contributed by atoms with Gasteiger partial charge in [-0.05, 0) is 30.4 Å². The van der Waals surface area contributed by atoms with E-state index >= 15 is 0 Å². The number of halogens is 1. The second kappa shape index (κ2) is 6.78. The third-order valence-corrected chi connectivity index (χ3v) is 4.37. The van der Waals surface area contributed by atoms with Gasteiger partial charge >= 0.3 is 5.97 Å². The topological polar surface area (TPSA) is 75.3 Å². The van der Waals surface area contributed by atoms with Crippen LogP contribution in [0.3, 0.4) is 0 Å². The number of hydrogen-bond donors (Lipinski definition) is 3. The normalized spacial score (nSPS) is 22.0. The van der Waals surface area contributed by atoms with Crippen molar-refractivity contribution in [1.29, 1.82) is 0 Å². The maximum atomic E-state index is 13.8. The van der Waals surface area contributed by atoms with Crippen LogP contribution in [0.4, 0.5) is 15.8 Å². The number of rotatable bonds is 5. The van der Waals surface area contributed by atoms with Crippen molar-refractivity contribution >= 4 is 17.3 Å². The molecule has 0 radical (unpaired) electrons. The number of benzene rings is 1. The van der Waals surface area contributed by atoms with Crippen LogP contribution in [0.25, 0.3) is 0 Å². The molecule has 0 amide bonds. The van der Waals surface area contributed by atoms with E-state index in [1.54, 1.807) is 0 Å². The molecule has 0 spiro atoms. The Morgan fingerprint density at radius 2 is 2.05 bits per heavy atom. The summed E-state index contributed by atoms with van der Waals surface area (Å²) in [4.78, 5) is 11.0. The molecule has 0 atom stereocenters. The average Bonchev–Trinajstić information content (AvgIpc) is 2.43. The summed E-state index contributed by atoms with van der Waals surface area (Å²) in [5, 5.41) is 12.0. The third kappa shape index (κ3) is 4.09. The van der Waals surface area contributed by atoms with Crippen molar-refractivity contribution in [3.63, 3.8) is 0 Å². The fourth-order valence-corrected chi connectivity index (χ4v) is 2.94. The molecule has 5 heteroatoms. The molecule has 1 aromatic rings. The molecule has 0 heterocycles. The number of carboxylic acid groups (broad SMARTS) is 1. The van der Waals surface area contributed by atoms with Crippen LogP contribution in [0.1, 0.15) is 49.4 Å². The van der Waals surface area contributed by atoms with Crippen LogP contribution in [0.5, 0.6) is 0 Å². The Labute approximate surface area is 124 Å². The van der Waals surface area contributed by atoms with Gasteiger partial charge in [0.15, 0.2) is 0 Å². The zero-order valence-corrected chi connectivity index (χ0v) is 12.4. The zero-order valence-electron chi connectivity index (χ0n) is 12.4. The molecule has 116 valence electrons. The molecule has 21 heavy (non-hydrogen) atoms. The van der Waals surface area contributed by atoms with Gasteiger partial charge in [-0.15, -0.1) is 0 Å². The third-order valence-electron chi connectivity index (χ3n) is 4.37. The largest absolute Gasteiger partial charge is 0.478 e. The van der Waals surface area contributed by atoms with Crippen LogP contribution < -0.4 is 11.1 Å². The Bertz CT molecular complexity index is 511. The maximum Gasteiger partial charge on any atom is 0.337 e. The first-order valence-corrected chi connectivity index (χ1v) is 7.53. The average molecular weight is 294 g/mol. The molecule has 4 nitrogen and oxygen atoms in total. The second-order valence-electron chi connectivity index (χ2n) is 6.07. The van der Waals surface area contributed by atoms with Crippen molar-refractivity contribution in [3.05, 3.63) is 23.5 Å². The van der Waals surface area contributed by atoms with Crippen molar-refractivity contribution in [2.75, 3.05) is 17.6 Å². The van der Waals surface area contributed by atoms with Crippen molar-refractivity contribution in [3.8, 4) is 0 Å². The Hall–Kier alpha value is -1.78. The van der Waals surface area contributed by atoms with Gasteiger partial charge in [0.25, 0.3) is 0 Å². The summed E-state index contributed by atoms with van der Waals surface area (Å²) in [5.41, 5.74) is 5.60. The number of aromatic carboxylic acids is 1. The second-order valence-corrected chi connectivity index (χ2v) is 6.07. The summed E-state index contributed by atoms with van der Waals surface area (Å²) in [5.74, 6) is -0.141. The number of carbonyl (C=O) groups is 1. The standard InChI is InChI=1S/C16H23FN2O2/c1-10-2-4-11(5-3-10)6-7-19-15-8-12(16(20)21)14(18)9-13(15)17/h8-11,19H,2-7,18H2,1H3,(H,20,21). The Morgan fingerprint density at radius 1 is 1.38 bits per heavy atom. The first-order valence-electron chi connectivity index (χ1n) is 7.53. The smallest absolute Gasteiger partial charge is 0.337 e. The van der Waals surface area contributed by atoms with Gasteiger partial charge in [-0.1, -0.05) is 32.6 Å². The van der Waals surface area contributed by atoms with Gasteiger partial charge < -0.3 is 16.2 Å². The molecule has 0 bridgehead atoms. The van der Waals surface area contributed by atoms with Gasteiger partial charge in [-0.3, -0.25) is 0 Å². The van der Waals surface area contributed by atoms with E-state index in [-0.39, 0.29) is 16.9 Å². The number of anilines is 2. The molecule has 0 unspecified atom stereocenters. The quantitative estimate of drug-likeness (QED) is 0.723. The monoisotopic (exact) mass is 294 g/mol.